The minimum Gasteiger partial charge on any atom is -0.508 e. The Balaban J connectivity index is 2.34. The Bertz CT molecular complexity index is 569. The van der Waals surface area contributed by atoms with E-state index in [9.17, 15) is 5.11 Å². The zero-order valence-electron chi connectivity index (χ0n) is 11.6. The van der Waals surface area contributed by atoms with Gasteiger partial charge in [-0.15, -0.1) is 6.42 Å². The third-order valence-corrected chi connectivity index (χ3v) is 3.34. The number of aromatic hydroxyl groups is 1. The fourth-order valence-corrected chi connectivity index (χ4v) is 2.18. The van der Waals surface area contributed by atoms with E-state index >= 15 is 0 Å². The van der Waals surface area contributed by atoms with Gasteiger partial charge in [0.25, 0.3) is 0 Å². The van der Waals surface area contributed by atoms with Gasteiger partial charge < -0.3 is 5.11 Å². The van der Waals surface area contributed by atoms with E-state index in [4.69, 9.17) is 6.42 Å². The molecule has 0 aromatic heterocycles. The van der Waals surface area contributed by atoms with Gasteiger partial charge in [-0.1, -0.05) is 55.3 Å². The van der Waals surface area contributed by atoms with Gasteiger partial charge in [0.15, 0.2) is 0 Å². The highest BCUT2D eigenvalue weighted by Gasteiger charge is 2.16. The Kier molecular flexibility index (Phi) is 4.81. The summed E-state index contributed by atoms with van der Waals surface area (Å²) in [5, 5.41) is 12.9. The van der Waals surface area contributed by atoms with Crippen LogP contribution in [0.4, 0.5) is 0 Å². The summed E-state index contributed by atoms with van der Waals surface area (Å²) in [5.41, 5.74) is 2.24. The summed E-state index contributed by atoms with van der Waals surface area (Å²) in [6.07, 6.45) is 6.43. The van der Waals surface area contributed by atoms with Crippen LogP contribution in [-0.4, -0.2) is 11.1 Å². The molecule has 0 saturated carbocycles. The van der Waals surface area contributed by atoms with E-state index in [1.165, 1.54) is 0 Å². The van der Waals surface area contributed by atoms with Gasteiger partial charge in [-0.05, 0) is 29.7 Å². The first-order valence-corrected chi connectivity index (χ1v) is 6.80. The zero-order valence-corrected chi connectivity index (χ0v) is 11.6. The molecule has 2 heteroatoms. The SMILES string of the molecule is C#CC(CC)NC(c1ccccc1)c1ccc(O)cc1. The standard InChI is InChI=1S/C18H19NO/c1-3-16(4-2)19-18(14-8-6-5-7-9-14)15-10-12-17(20)13-11-15/h1,5-13,16,18-20H,4H2,2H3. The second-order valence-corrected chi connectivity index (χ2v) is 4.73. The van der Waals surface area contributed by atoms with Crippen LogP contribution in [0.25, 0.3) is 0 Å². The van der Waals surface area contributed by atoms with Crippen LogP contribution in [0.2, 0.25) is 0 Å². The van der Waals surface area contributed by atoms with Crippen LogP contribution in [0, 0.1) is 12.3 Å². The van der Waals surface area contributed by atoms with Crippen molar-refractivity contribution in [2.45, 2.75) is 25.4 Å². The first kappa shape index (κ1) is 14.2. The van der Waals surface area contributed by atoms with Crippen molar-refractivity contribution < 1.29 is 5.11 Å². The Morgan fingerprint density at radius 2 is 1.65 bits per heavy atom. The molecule has 0 saturated heterocycles. The van der Waals surface area contributed by atoms with Gasteiger partial charge in [0.1, 0.15) is 5.75 Å². The molecule has 2 unspecified atom stereocenters. The van der Waals surface area contributed by atoms with Gasteiger partial charge in [0, 0.05) is 0 Å². The van der Waals surface area contributed by atoms with E-state index in [-0.39, 0.29) is 17.8 Å². The molecule has 0 spiro atoms. The topological polar surface area (TPSA) is 32.3 Å². The smallest absolute Gasteiger partial charge is 0.115 e. The van der Waals surface area contributed by atoms with Crippen molar-refractivity contribution in [1.29, 1.82) is 0 Å². The monoisotopic (exact) mass is 265 g/mol. The maximum atomic E-state index is 9.43. The number of nitrogens with one attached hydrogen (secondary N) is 1. The molecule has 2 aromatic rings. The van der Waals surface area contributed by atoms with Crippen LogP contribution in [0.1, 0.15) is 30.5 Å². The van der Waals surface area contributed by atoms with E-state index in [1.54, 1.807) is 12.1 Å². The molecule has 0 bridgehead atoms. The van der Waals surface area contributed by atoms with E-state index in [0.29, 0.717) is 0 Å². The molecule has 0 aliphatic rings. The summed E-state index contributed by atoms with van der Waals surface area (Å²) < 4.78 is 0. The van der Waals surface area contributed by atoms with E-state index in [0.717, 1.165) is 17.5 Å². The van der Waals surface area contributed by atoms with Crippen LogP contribution in [-0.2, 0) is 0 Å². The molecular formula is C18H19NO. The first-order chi connectivity index (χ1) is 9.74. The predicted molar refractivity (Wildman–Crippen MR) is 82.4 cm³/mol. The third kappa shape index (κ3) is 3.40. The number of hydrogen-bond acceptors (Lipinski definition) is 2. The van der Waals surface area contributed by atoms with E-state index in [1.807, 2.05) is 30.3 Å². The number of phenols is 1. The Morgan fingerprint density at radius 1 is 1.05 bits per heavy atom. The van der Waals surface area contributed by atoms with Crippen molar-refractivity contribution in [2.75, 3.05) is 0 Å². The van der Waals surface area contributed by atoms with Gasteiger partial charge in [-0.3, -0.25) is 5.32 Å². The fourth-order valence-electron chi connectivity index (χ4n) is 2.18. The number of benzene rings is 2. The predicted octanol–water partition coefficient (Wildman–Crippen LogP) is 3.48. The molecule has 0 fully saturated rings. The molecule has 2 N–H and O–H groups in total. The summed E-state index contributed by atoms with van der Waals surface area (Å²) in [6, 6.07) is 17.5. The maximum absolute atomic E-state index is 9.43. The van der Waals surface area contributed by atoms with Gasteiger partial charge in [0.05, 0.1) is 12.1 Å². The minimum atomic E-state index is 0.0222. The van der Waals surface area contributed by atoms with Crippen LogP contribution >= 0.6 is 0 Å². The zero-order chi connectivity index (χ0) is 14.4. The lowest BCUT2D eigenvalue weighted by molar-refractivity contribution is 0.474. The second kappa shape index (κ2) is 6.79. The molecule has 20 heavy (non-hydrogen) atoms. The molecule has 2 nitrogen and oxygen atoms in total. The molecule has 2 atom stereocenters. The molecule has 0 heterocycles. The Labute approximate surface area is 120 Å². The summed E-state index contributed by atoms with van der Waals surface area (Å²) in [6.45, 7) is 2.07. The average molecular weight is 265 g/mol. The summed E-state index contributed by atoms with van der Waals surface area (Å²) >= 11 is 0. The quantitative estimate of drug-likeness (QED) is 0.811. The lowest BCUT2D eigenvalue weighted by atomic mass is 9.97. The fraction of sp³-hybridized carbons (Fsp3) is 0.222. The Morgan fingerprint density at radius 3 is 2.20 bits per heavy atom. The van der Waals surface area contributed by atoms with Gasteiger partial charge >= 0.3 is 0 Å². The lowest BCUT2D eigenvalue weighted by Crippen LogP contribution is -2.31. The van der Waals surface area contributed by atoms with Gasteiger partial charge in [-0.25, -0.2) is 0 Å². The van der Waals surface area contributed by atoms with Crippen molar-refractivity contribution in [3.63, 3.8) is 0 Å². The highest BCUT2D eigenvalue weighted by molar-refractivity contribution is 5.35. The van der Waals surface area contributed by atoms with Crippen LogP contribution in [0.5, 0.6) is 5.75 Å². The number of rotatable bonds is 5. The number of phenolic OH excluding ortho intramolecular Hbond substituents is 1. The van der Waals surface area contributed by atoms with Crippen LogP contribution in [0.3, 0.4) is 0 Å². The molecule has 0 amide bonds. The summed E-state index contributed by atoms with van der Waals surface area (Å²) in [4.78, 5) is 0. The van der Waals surface area contributed by atoms with Crippen molar-refractivity contribution in [2.24, 2.45) is 0 Å². The lowest BCUT2D eigenvalue weighted by Gasteiger charge is -2.23. The number of terminal acetylenes is 1. The van der Waals surface area contributed by atoms with E-state index in [2.05, 4.69) is 30.3 Å². The largest absolute Gasteiger partial charge is 0.508 e. The third-order valence-electron chi connectivity index (χ3n) is 3.34. The molecule has 0 aliphatic carbocycles. The highest BCUT2D eigenvalue weighted by Crippen LogP contribution is 2.24. The first-order valence-electron chi connectivity index (χ1n) is 6.80. The maximum Gasteiger partial charge on any atom is 0.115 e. The highest BCUT2D eigenvalue weighted by atomic mass is 16.3. The molecular weight excluding hydrogens is 246 g/mol. The summed E-state index contributed by atoms with van der Waals surface area (Å²) in [5.74, 6) is 3.04. The molecule has 2 aromatic carbocycles. The van der Waals surface area contributed by atoms with Crippen LogP contribution < -0.4 is 5.32 Å². The summed E-state index contributed by atoms with van der Waals surface area (Å²) in [7, 11) is 0. The second-order valence-electron chi connectivity index (χ2n) is 4.73. The minimum absolute atomic E-state index is 0.0222. The van der Waals surface area contributed by atoms with Crippen molar-refractivity contribution >= 4 is 0 Å². The van der Waals surface area contributed by atoms with E-state index < -0.39 is 0 Å². The molecule has 102 valence electrons. The van der Waals surface area contributed by atoms with Gasteiger partial charge in [0.2, 0.25) is 0 Å². The molecule has 0 aliphatic heterocycles. The van der Waals surface area contributed by atoms with Crippen molar-refractivity contribution in [3.8, 4) is 18.1 Å². The van der Waals surface area contributed by atoms with Crippen molar-refractivity contribution in [3.05, 3.63) is 65.7 Å². The van der Waals surface area contributed by atoms with Crippen LogP contribution in [0.15, 0.2) is 54.6 Å². The van der Waals surface area contributed by atoms with Gasteiger partial charge in [-0.2, -0.15) is 0 Å². The average Bonchev–Trinajstić information content (AvgIpc) is 2.51. The van der Waals surface area contributed by atoms with Crippen molar-refractivity contribution in [1.82, 2.24) is 5.32 Å². The molecule has 2 rings (SSSR count). The Hall–Kier alpha value is -2.24. The normalized spacial score (nSPS) is 13.4. The molecule has 0 radical (unpaired) electrons. The number of hydrogen-bond donors (Lipinski definition) is 2.